The maximum absolute atomic E-state index is 2.77. The van der Waals surface area contributed by atoms with Gasteiger partial charge in [0.25, 0.3) is 0 Å². The molecule has 2 aliphatic heterocycles. The summed E-state index contributed by atoms with van der Waals surface area (Å²) < 4.78 is 2.77. The number of benzene rings is 7. The third-order valence-electron chi connectivity index (χ3n) is 14.2. The second-order valence-electron chi connectivity index (χ2n) is 22.8. The first-order valence-corrected chi connectivity index (χ1v) is 23.4. The van der Waals surface area contributed by atoms with Gasteiger partial charge in [-0.15, -0.1) is 0 Å². The molecule has 64 heavy (non-hydrogen) atoms. The molecule has 0 fully saturated rings. The second-order valence-corrected chi connectivity index (χ2v) is 22.8. The number of fused-ring (bicyclic) bond motifs is 4. The van der Waals surface area contributed by atoms with Crippen LogP contribution in [0, 0.1) is 6.92 Å². The van der Waals surface area contributed by atoms with E-state index < -0.39 is 0 Å². The standard InChI is InChI=1S/C61H63BN2/c1-38-19-17-18-22-47(38)57-54(40-20-15-14-16-21-40)50-34-41(39-23-25-42(26-24-39)58(2,3)4)33-49-48-35-45(61(11,12)13)37-53-55(48)62(64(57)56(49)50)51-36-44(60(8,9)10)29-32-52(51)63(53)46-30-27-43(28-31-46)59(5,6)7/h14-37H,1-13H3. The van der Waals surface area contributed by atoms with E-state index in [9.17, 15) is 0 Å². The minimum absolute atomic E-state index is 0.0442. The molecule has 3 heterocycles. The van der Waals surface area contributed by atoms with Crippen LogP contribution in [0.2, 0.25) is 0 Å². The van der Waals surface area contributed by atoms with Crippen molar-refractivity contribution >= 4 is 45.7 Å². The zero-order valence-corrected chi connectivity index (χ0v) is 40.3. The van der Waals surface area contributed by atoms with Gasteiger partial charge in [0, 0.05) is 50.3 Å². The molecule has 10 rings (SSSR count). The quantitative estimate of drug-likeness (QED) is 0.160. The predicted molar refractivity (Wildman–Crippen MR) is 278 cm³/mol. The van der Waals surface area contributed by atoms with E-state index in [2.05, 4.69) is 245 Å². The SMILES string of the molecule is Cc1ccccc1-c1c(-c2ccccc2)c2cc(-c3ccc(C(C)(C)C)cc3)cc3c2n1B1c2cc(C(C)(C)C)ccc2N(c2ccc(C(C)(C)C)cc2)c2cc(C(C)(C)C)cc-3c21. The lowest BCUT2D eigenvalue weighted by Gasteiger charge is -2.42. The minimum Gasteiger partial charge on any atom is -0.375 e. The van der Waals surface area contributed by atoms with Gasteiger partial charge in [-0.3, -0.25) is 0 Å². The Labute approximate surface area is 383 Å². The van der Waals surface area contributed by atoms with Gasteiger partial charge in [-0.25, -0.2) is 0 Å². The van der Waals surface area contributed by atoms with Crippen molar-refractivity contribution in [2.75, 3.05) is 4.90 Å². The molecule has 8 aromatic rings. The largest absolute Gasteiger partial charge is 0.375 e. The van der Waals surface area contributed by atoms with Crippen molar-refractivity contribution in [3.63, 3.8) is 0 Å². The first-order valence-electron chi connectivity index (χ1n) is 23.4. The molecule has 2 nitrogen and oxygen atoms in total. The number of rotatable bonds is 4. The van der Waals surface area contributed by atoms with Gasteiger partial charge >= 0.3 is 6.85 Å². The van der Waals surface area contributed by atoms with Crippen LogP contribution in [-0.4, -0.2) is 11.3 Å². The summed E-state index contributed by atoms with van der Waals surface area (Å²) in [6, 6.07) is 56.4. The lowest BCUT2D eigenvalue weighted by molar-refractivity contribution is 0.589. The van der Waals surface area contributed by atoms with Crippen LogP contribution in [0.25, 0.3) is 55.5 Å². The Balaban J connectivity index is 1.41. The predicted octanol–water partition coefficient (Wildman–Crippen LogP) is 15.6. The Morgan fingerprint density at radius 3 is 1.61 bits per heavy atom. The number of aryl methyl sites for hydroxylation is 1. The Morgan fingerprint density at radius 1 is 0.422 bits per heavy atom. The van der Waals surface area contributed by atoms with E-state index in [4.69, 9.17) is 0 Å². The highest BCUT2D eigenvalue weighted by molar-refractivity contribution is 6.90. The van der Waals surface area contributed by atoms with Gasteiger partial charge in [-0.2, -0.15) is 0 Å². The maximum Gasteiger partial charge on any atom is 0.333 e. The number of anilines is 3. The van der Waals surface area contributed by atoms with Crippen molar-refractivity contribution in [3.8, 4) is 44.6 Å². The van der Waals surface area contributed by atoms with Crippen LogP contribution >= 0.6 is 0 Å². The van der Waals surface area contributed by atoms with Crippen molar-refractivity contribution in [3.05, 3.63) is 173 Å². The maximum atomic E-state index is 2.77. The lowest BCUT2D eigenvalue weighted by Crippen LogP contribution is -2.57. The fraction of sp³-hybridized carbons (Fsp3) is 0.279. The van der Waals surface area contributed by atoms with Crippen LogP contribution in [0.4, 0.5) is 17.1 Å². The first-order chi connectivity index (χ1) is 30.2. The Kier molecular flexibility index (Phi) is 9.49. The summed E-state index contributed by atoms with van der Waals surface area (Å²) in [6.07, 6.45) is 0. The molecule has 2 aliphatic rings. The van der Waals surface area contributed by atoms with Crippen LogP contribution in [0.1, 0.15) is 111 Å². The second kappa shape index (κ2) is 14.5. The molecule has 7 aromatic carbocycles. The Bertz CT molecular complexity index is 3120. The fourth-order valence-corrected chi connectivity index (χ4v) is 10.4. The molecule has 3 heteroatoms. The van der Waals surface area contributed by atoms with E-state index in [0.29, 0.717) is 0 Å². The fourth-order valence-electron chi connectivity index (χ4n) is 10.4. The molecular weight excluding hydrogens is 771 g/mol. The van der Waals surface area contributed by atoms with Gasteiger partial charge in [0.15, 0.2) is 0 Å². The third kappa shape index (κ3) is 6.77. The van der Waals surface area contributed by atoms with Gasteiger partial charge in [-0.05, 0) is 126 Å². The van der Waals surface area contributed by atoms with Crippen molar-refractivity contribution in [1.82, 2.24) is 4.48 Å². The van der Waals surface area contributed by atoms with Gasteiger partial charge < -0.3 is 9.38 Å². The number of hydrogen-bond acceptors (Lipinski definition) is 1. The third-order valence-corrected chi connectivity index (χ3v) is 14.2. The average molecular weight is 835 g/mol. The first kappa shape index (κ1) is 41.9. The summed E-state index contributed by atoms with van der Waals surface area (Å²) >= 11 is 0. The number of nitrogens with zero attached hydrogens (tertiary/aromatic N) is 2. The van der Waals surface area contributed by atoms with Crippen molar-refractivity contribution in [2.45, 2.75) is 112 Å². The van der Waals surface area contributed by atoms with Crippen LogP contribution in [0.3, 0.4) is 0 Å². The molecule has 0 saturated heterocycles. The molecule has 0 unspecified atom stereocenters. The summed E-state index contributed by atoms with van der Waals surface area (Å²) in [6.45, 7) is 30.2. The van der Waals surface area contributed by atoms with E-state index in [1.165, 1.54) is 111 Å². The molecular formula is C61H63BN2. The molecule has 320 valence electrons. The molecule has 0 amide bonds. The van der Waals surface area contributed by atoms with Crippen LogP contribution in [0.15, 0.2) is 146 Å². The van der Waals surface area contributed by atoms with Crippen LogP contribution in [-0.2, 0) is 21.7 Å². The minimum atomic E-state index is -0.0976. The molecule has 0 saturated carbocycles. The zero-order chi connectivity index (χ0) is 45.2. The van der Waals surface area contributed by atoms with Gasteiger partial charge in [0.2, 0.25) is 0 Å². The van der Waals surface area contributed by atoms with E-state index >= 15 is 0 Å². The summed E-state index contributed by atoms with van der Waals surface area (Å²) in [5, 5.41) is 1.29. The van der Waals surface area contributed by atoms with E-state index in [0.717, 1.165) is 0 Å². The van der Waals surface area contributed by atoms with E-state index in [1.807, 2.05) is 0 Å². The topological polar surface area (TPSA) is 8.17 Å². The zero-order valence-electron chi connectivity index (χ0n) is 40.3. The molecule has 1 aromatic heterocycles. The number of aromatic nitrogens is 1. The van der Waals surface area contributed by atoms with Gasteiger partial charge in [0.05, 0.1) is 0 Å². The summed E-state index contributed by atoms with van der Waals surface area (Å²) in [5.41, 5.74) is 24.5. The Morgan fingerprint density at radius 2 is 1.00 bits per heavy atom. The summed E-state index contributed by atoms with van der Waals surface area (Å²) in [4.78, 5) is 2.59. The van der Waals surface area contributed by atoms with Crippen LogP contribution in [0.5, 0.6) is 0 Å². The van der Waals surface area contributed by atoms with Crippen molar-refractivity contribution in [2.24, 2.45) is 0 Å². The highest BCUT2D eigenvalue weighted by Crippen LogP contribution is 2.52. The van der Waals surface area contributed by atoms with Gasteiger partial charge in [0.1, 0.15) is 0 Å². The van der Waals surface area contributed by atoms with Crippen LogP contribution < -0.4 is 15.8 Å². The smallest absolute Gasteiger partial charge is 0.333 e. The van der Waals surface area contributed by atoms with Crippen molar-refractivity contribution < 1.29 is 0 Å². The molecule has 0 aliphatic carbocycles. The highest BCUT2D eigenvalue weighted by Gasteiger charge is 2.45. The van der Waals surface area contributed by atoms with E-state index in [1.54, 1.807) is 0 Å². The normalized spacial score (nSPS) is 13.6. The monoisotopic (exact) mass is 835 g/mol. The molecule has 0 bridgehead atoms. The molecule has 0 atom stereocenters. The molecule has 0 spiro atoms. The molecule has 0 N–H and O–H groups in total. The van der Waals surface area contributed by atoms with Crippen molar-refractivity contribution in [1.29, 1.82) is 0 Å². The average Bonchev–Trinajstić information content (AvgIpc) is 3.58. The lowest BCUT2D eigenvalue weighted by atomic mass is 9.44. The Hall–Kier alpha value is -6.06. The summed E-state index contributed by atoms with van der Waals surface area (Å²) in [7, 11) is 0. The number of hydrogen-bond donors (Lipinski definition) is 0. The van der Waals surface area contributed by atoms with Gasteiger partial charge in [-0.1, -0.05) is 192 Å². The molecule has 0 radical (unpaired) electrons. The highest BCUT2D eigenvalue weighted by atomic mass is 15.2. The summed E-state index contributed by atoms with van der Waals surface area (Å²) in [5.74, 6) is 0. The van der Waals surface area contributed by atoms with E-state index in [-0.39, 0.29) is 28.5 Å².